The summed E-state index contributed by atoms with van der Waals surface area (Å²) in [5.74, 6) is 0.357. The van der Waals surface area contributed by atoms with Gasteiger partial charge in [0.1, 0.15) is 23.8 Å². The summed E-state index contributed by atoms with van der Waals surface area (Å²) in [4.78, 5) is 43.7. The quantitative estimate of drug-likeness (QED) is 0.237. The molecule has 3 heterocycles. The summed E-state index contributed by atoms with van der Waals surface area (Å²) in [7, 11) is 1.66. The fourth-order valence-electron chi connectivity index (χ4n) is 5.19. The van der Waals surface area contributed by atoms with Gasteiger partial charge in [-0.2, -0.15) is 0 Å². The number of hydrogen-bond donors (Lipinski definition) is 1. The minimum absolute atomic E-state index is 0.105. The molecule has 1 aromatic carbocycles. The standard InChI is InChI=1S/C30H35ClFN7O2/c1-7-25(41)37-12-13-38(19(2)16-37)28(33-6)21-14-22(31)26(20-10-8-9-11-23(20)32)36-29(21)39(18-40)24-15-34-17-35-27(24)30(3,4)5/h7-11,14-15,17-19,26,36H,1,12-13,16H2,2-6H3/t19-,26?/m0/s1. The second-order valence-corrected chi connectivity index (χ2v) is 11.4. The highest BCUT2D eigenvalue weighted by molar-refractivity contribution is 6.31. The van der Waals surface area contributed by atoms with Crippen LogP contribution in [0.15, 0.2) is 76.9 Å². The Morgan fingerprint density at radius 3 is 2.63 bits per heavy atom. The van der Waals surface area contributed by atoms with Crippen molar-refractivity contribution in [3.05, 3.63) is 89.0 Å². The van der Waals surface area contributed by atoms with Gasteiger partial charge in [-0.25, -0.2) is 14.4 Å². The Balaban J connectivity index is 1.88. The zero-order chi connectivity index (χ0) is 29.9. The Kier molecular flexibility index (Phi) is 8.92. The molecule has 0 bridgehead atoms. The van der Waals surface area contributed by atoms with Crippen molar-refractivity contribution in [1.82, 2.24) is 25.1 Å². The largest absolute Gasteiger partial charge is 0.359 e. The maximum Gasteiger partial charge on any atom is 0.246 e. The number of amides is 2. The number of nitrogens with zero attached hydrogens (tertiary/aromatic N) is 6. The molecular weight excluding hydrogens is 545 g/mol. The van der Waals surface area contributed by atoms with Gasteiger partial charge < -0.3 is 15.1 Å². The number of benzene rings is 1. The number of anilines is 1. The van der Waals surface area contributed by atoms with Gasteiger partial charge in [0, 0.05) is 48.7 Å². The summed E-state index contributed by atoms with van der Waals surface area (Å²) in [6.45, 7) is 13.0. The molecule has 1 unspecified atom stereocenters. The molecule has 0 radical (unpaired) electrons. The van der Waals surface area contributed by atoms with Crippen molar-refractivity contribution >= 4 is 35.4 Å². The summed E-state index contributed by atoms with van der Waals surface area (Å²) >= 11 is 6.84. The fraction of sp³-hybridized carbons (Fsp3) is 0.367. The van der Waals surface area contributed by atoms with Crippen molar-refractivity contribution in [2.45, 2.75) is 45.2 Å². The van der Waals surface area contributed by atoms with Crippen molar-refractivity contribution in [3.63, 3.8) is 0 Å². The molecule has 11 heteroatoms. The van der Waals surface area contributed by atoms with Gasteiger partial charge in [0.2, 0.25) is 12.3 Å². The van der Waals surface area contributed by atoms with E-state index in [1.165, 1.54) is 23.4 Å². The summed E-state index contributed by atoms with van der Waals surface area (Å²) in [5, 5.41) is 3.66. The first-order valence-corrected chi connectivity index (χ1v) is 13.7. The molecule has 1 N–H and O–H groups in total. The van der Waals surface area contributed by atoms with Crippen LogP contribution in [0.1, 0.15) is 45.0 Å². The lowest BCUT2D eigenvalue weighted by atomic mass is 9.90. The number of aliphatic imine (C=N–C) groups is 1. The van der Waals surface area contributed by atoms with Crippen LogP contribution in [-0.2, 0) is 15.0 Å². The number of nitrogens with one attached hydrogen (secondary N) is 1. The zero-order valence-corrected chi connectivity index (χ0v) is 24.7. The van der Waals surface area contributed by atoms with E-state index in [-0.39, 0.29) is 11.9 Å². The Morgan fingerprint density at radius 2 is 2.02 bits per heavy atom. The van der Waals surface area contributed by atoms with Gasteiger partial charge in [-0.1, -0.05) is 57.2 Å². The highest BCUT2D eigenvalue weighted by Gasteiger charge is 2.36. The van der Waals surface area contributed by atoms with Crippen LogP contribution >= 0.6 is 11.6 Å². The number of halogens is 2. The van der Waals surface area contributed by atoms with Crippen LogP contribution in [0.4, 0.5) is 10.1 Å². The fourth-order valence-corrected chi connectivity index (χ4v) is 5.47. The third-order valence-electron chi connectivity index (χ3n) is 7.16. The first-order valence-electron chi connectivity index (χ1n) is 13.3. The predicted molar refractivity (Wildman–Crippen MR) is 159 cm³/mol. The first kappa shape index (κ1) is 29.9. The van der Waals surface area contributed by atoms with E-state index >= 15 is 0 Å². The maximum atomic E-state index is 15.0. The van der Waals surface area contributed by atoms with Gasteiger partial charge in [-0.05, 0) is 25.1 Å². The molecule has 2 aliphatic rings. The van der Waals surface area contributed by atoms with Gasteiger partial charge in [-0.15, -0.1) is 0 Å². The molecule has 216 valence electrons. The van der Waals surface area contributed by atoms with Crippen molar-refractivity contribution in [2.24, 2.45) is 4.99 Å². The van der Waals surface area contributed by atoms with E-state index in [2.05, 4.69) is 31.8 Å². The molecule has 2 atom stereocenters. The van der Waals surface area contributed by atoms with Crippen LogP contribution in [0.2, 0.25) is 0 Å². The molecule has 9 nitrogen and oxygen atoms in total. The van der Waals surface area contributed by atoms with Crippen LogP contribution in [0.5, 0.6) is 0 Å². The van der Waals surface area contributed by atoms with Crippen LogP contribution in [0.25, 0.3) is 0 Å². The van der Waals surface area contributed by atoms with E-state index in [4.69, 9.17) is 11.6 Å². The highest BCUT2D eigenvalue weighted by atomic mass is 35.5. The molecule has 2 aromatic rings. The van der Waals surface area contributed by atoms with E-state index in [0.717, 1.165) is 0 Å². The summed E-state index contributed by atoms with van der Waals surface area (Å²) in [6.07, 6.45) is 6.74. The lowest BCUT2D eigenvalue weighted by Gasteiger charge is -2.43. The topological polar surface area (TPSA) is 94.0 Å². The van der Waals surface area contributed by atoms with Gasteiger partial charge >= 0.3 is 0 Å². The van der Waals surface area contributed by atoms with Crippen molar-refractivity contribution in [2.75, 3.05) is 31.6 Å². The molecule has 2 aliphatic heterocycles. The van der Waals surface area contributed by atoms with Gasteiger partial charge in [0.15, 0.2) is 0 Å². The molecule has 41 heavy (non-hydrogen) atoms. The van der Waals surface area contributed by atoms with Crippen LogP contribution in [-0.4, -0.2) is 70.6 Å². The molecule has 0 spiro atoms. The second-order valence-electron chi connectivity index (χ2n) is 11.0. The van der Waals surface area contributed by atoms with Crippen LogP contribution in [0, 0.1) is 5.82 Å². The van der Waals surface area contributed by atoms with Gasteiger partial charge in [0.25, 0.3) is 0 Å². The Morgan fingerprint density at radius 1 is 1.29 bits per heavy atom. The SMILES string of the molecule is C=CC(=O)N1CCN(C(=NC)C2=C(N(C=O)c3cncnc3C(C)(C)C)NC(c3ccccc3F)C(Cl)=C2)[C@@H](C)C1. The number of amidine groups is 1. The monoisotopic (exact) mass is 579 g/mol. The van der Waals surface area contributed by atoms with Gasteiger partial charge in [-0.3, -0.25) is 19.5 Å². The molecule has 1 saturated heterocycles. The Bertz CT molecular complexity index is 1430. The molecule has 0 aliphatic carbocycles. The van der Waals surface area contributed by atoms with Crippen LogP contribution in [0.3, 0.4) is 0 Å². The lowest BCUT2D eigenvalue weighted by Crippen LogP contribution is -2.56. The van der Waals surface area contributed by atoms with Crippen molar-refractivity contribution < 1.29 is 14.0 Å². The molecule has 1 aromatic heterocycles. The number of carbonyl (C=O) groups excluding carboxylic acids is 2. The maximum absolute atomic E-state index is 15.0. The Labute approximate surface area is 245 Å². The molecule has 1 fully saturated rings. The minimum Gasteiger partial charge on any atom is -0.359 e. The molecular formula is C30H35ClFN7O2. The lowest BCUT2D eigenvalue weighted by molar-refractivity contribution is -0.128. The van der Waals surface area contributed by atoms with E-state index in [1.54, 1.807) is 42.4 Å². The van der Waals surface area contributed by atoms with Crippen molar-refractivity contribution in [1.29, 1.82) is 0 Å². The average molecular weight is 580 g/mol. The van der Waals surface area contributed by atoms with Crippen molar-refractivity contribution in [3.8, 4) is 0 Å². The molecule has 2 amide bonds. The predicted octanol–water partition coefficient (Wildman–Crippen LogP) is 4.30. The number of aromatic nitrogens is 2. The normalized spacial score (nSPS) is 19.9. The number of dihydropyridines is 1. The molecule has 4 rings (SSSR count). The first-order chi connectivity index (χ1) is 19.5. The van der Waals surface area contributed by atoms with E-state index < -0.39 is 17.3 Å². The van der Waals surface area contributed by atoms with Gasteiger partial charge in [0.05, 0.1) is 29.2 Å². The number of hydrogen-bond acceptors (Lipinski definition) is 6. The van der Waals surface area contributed by atoms with Crippen LogP contribution < -0.4 is 10.2 Å². The zero-order valence-electron chi connectivity index (χ0n) is 23.9. The summed E-state index contributed by atoms with van der Waals surface area (Å²) in [5.41, 5.74) is 1.57. The minimum atomic E-state index is -0.764. The number of piperazine rings is 1. The third kappa shape index (κ3) is 6.02. The highest BCUT2D eigenvalue weighted by Crippen LogP contribution is 2.38. The number of rotatable bonds is 6. The smallest absolute Gasteiger partial charge is 0.246 e. The van der Waals surface area contributed by atoms with E-state index in [9.17, 15) is 14.0 Å². The second kappa shape index (κ2) is 12.2. The average Bonchev–Trinajstić information content (AvgIpc) is 2.95. The molecule has 0 saturated carbocycles. The third-order valence-corrected chi connectivity index (χ3v) is 7.49. The summed E-state index contributed by atoms with van der Waals surface area (Å²) in [6, 6.07) is 5.48. The van der Waals surface area contributed by atoms with E-state index in [0.29, 0.717) is 65.3 Å². The number of carbonyl (C=O) groups is 2. The van der Waals surface area contributed by atoms with E-state index in [1.807, 2.05) is 27.7 Å². The summed E-state index contributed by atoms with van der Waals surface area (Å²) < 4.78 is 15.0. The Hall–Kier alpha value is -4.05.